The molecule has 0 aromatic rings. The second kappa shape index (κ2) is 7.58. The maximum Gasteiger partial charge on any atom is 0.192 e. The van der Waals surface area contributed by atoms with Crippen LogP contribution in [0.3, 0.4) is 0 Å². The smallest absolute Gasteiger partial charge is 0.192 e. The highest BCUT2D eigenvalue weighted by Crippen LogP contribution is 2.40. The highest BCUT2D eigenvalue weighted by molar-refractivity contribution is 8.17. The van der Waals surface area contributed by atoms with E-state index in [-0.39, 0.29) is 0 Å². The molecule has 0 radical (unpaired) electrons. The van der Waals surface area contributed by atoms with Crippen molar-refractivity contribution in [2.75, 3.05) is 11.5 Å². The molecule has 1 atom stereocenters. The molecule has 1 aliphatic rings. The van der Waals surface area contributed by atoms with E-state index in [1.165, 1.54) is 24.3 Å². The Kier molecular flexibility index (Phi) is 7.04. The van der Waals surface area contributed by atoms with Crippen molar-refractivity contribution < 1.29 is 4.43 Å². The third kappa shape index (κ3) is 5.86. The van der Waals surface area contributed by atoms with Gasteiger partial charge < -0.3 is 4.43 Å². The molecule has 0 amide bonds. The minimum atomic E-state index is -1.66. The van der Waals surface area contributed by atoms with Gasteiger partial charge in [0.15, 0.2) is 8.32 Å². The van der Waals surface area contributed by atoms with Crippen LogP contribution >= 0.6 is 23.5 Å². The highest BCUT2D eigenvalue weighted by atomic mass is 32.2. The summed E-state index contributed by atoms with van der Waals surface area (Å²) < 4.78 is 7.31. The largest absolute Gasteiger partial charge is 0.414 e. The van der Waals surface area contributed by atoms with E-state index >= 15 is 0 Å². The van der Waals surface area contributed by atoms with Gasteiger partial charge in [-0.05, 0) is 48.9 Å². The van der Waals surface area contributed by atoms with Crippen LogP contribution in [0.2, 0.25) is 18.1 Å². The van der Waals surface area contributed by atoms with Gasteiger partial charge in [0.1, 0.15) is 0 Å². The van der Waals surface area contributed by atoms with Crippen LogP contribution in [0.1, 0.15) is 40.0 Å². The molecule has 112 valence electrons. The lowest BCUT2D eigenvalue weighted by atomic mass is 10.2. The zero-order valence-corrected chi connectivity index (χ0v) is 15.8. The molecule has 1 saturated heterocycles. The van der Waals surface area contributed by atoms with Crippen molar-refractivity contribution in [3.8, 4) is 0 Å². The lowest BCUT2D eigenvalue weighted by Crippen LogP contribution is -2.44. The fourth-order valence-corrected chi connectivity index (χ4v) is 6.23. The average Bonchev–Trinajstić information content (AvgIpc) is 2.28. The van der Waals surface area contributed by atoms with Crippen LogP contribution in [-0.2, 0) is 4.43 Å². The van der Waals surface area contributed by atoms with Gasteiger partial charge in [-0.15, -0.1) is 30.1 Å². The molecule has 1 aliphatic heterocycles. The van der Waals surface area contributed by atoms with Crippen molar-refractivity contribution in [1.82, 2.24) is 0 Å². The fourth-order valence-electron chi connectivity index (χ4n) is 1.86. The molecule has 0 bridgehead atoms. The van der Waals surface area contributed by atoms with Crippen molar-refractivity contribution in [1.29, 1.82) is 0 Å². The molecule has 19 heavy (non-hydrogen) atoms. The lowest BCUT2D eigenvalue weighted by molar-refractivity contribution is 0.178. The first-order valence-electron chi connectivity index (χ1n) is 7.28. The Balaban J connectivity index is 2.58. The molecule has 1 heterocycles. The van der Waals surface area contributed by atoms with Crippen molar-refractivity contribution in [2.45, 2.75) is 68.9 Å². The molecule has 0 N–H and O–H groups in total. The Bertz CT molecular complexity index is 280. The first kappa shape index (κ1) is 17.7. The first-order valence-corrected chi connectivity index (χ1v) is 12.3. The summed E-state index contributed by atoms with van der Waals surface area (Å²) in [6.45, 7) is 15.6. The topological polar surface area (TPSA) is 9.23 Å². The molecule has 0 aromatic heterocycles. The maximum atomic E-state index is 6.59. The summed E-state index contributed by atoms with van der Waals surface area (Å²) in [6.07, 6.45) is 5.91. The number of rotatable bonds is 6. The zero-order chi connectivity index (χ0) is 14.5. The minimum absolute atomic E-state index is 0.291. The van der Waals surface area contributed by atoms with E-state index in [4.69, 9.17) is 4.43 Å². The van der Waals surface area contributed by atoms with Gasteiger partial charge >= 0.3 is 0 Å². The Hall–Kier alpha value is 0.617. The van der Waals surface area contributed by atoms with Gasteiger partial charge in [0.05, 0.1) is 10.7 Å². The van der Waals surface area contributed by atoms with Gasteiger partial charge in [0, 0.05) is 0 Å². The van der Waals surface area contributed by atoms with Crippen molar-refractivity contribution in [3.05, 3.63) is 12.7 Å². The number of thioether (sulfide) groups is 2. The van der Waals surface area contributed by atoms with E-state index in [9.17, 15) is 0 Å². The van der Waals surface area contributed by atoms with Crippen LogP contribution in [0, 0.1) is 0 Å². The molecule has 1 rings (SSSR count). The van der Waals surface area contributed by atoms with E-state index in [0.29, 0.717) is 11.1 Å². The third-order valence-corrected chi connectivity index (χ3v) is 11.6. The second-order valence-corrected chi connectivity index (χ2v) is 14.5. The minimum Gasteiger partial charge on any atom is -0.414 e. The summed E-state index contributed by atoms with van der Waals surface area (Å²) in [5, 5.41) is 0.291. The molecule has 0 spiro atoms. The maximum absolute atomic E-state index is 6.59. The molecule has 0 aliphatic carbocycles. The SMILES string of the molecule is C=CC[C@@H](CC1SCCCS1)O[Si](C)(C)C(C)(C)C. The molecular weight excluding hydrogens is 288 g/mol. The molecule has 0 saturated carbocycles. The van der Waals surface area contributed by atoms with Crippen molar-refractivity contribution in [3.63, 3.8) is 0 Å². The summed E-state index contributed by atoms with van der Waals surface area (Å²) in [4.78, 5) is 0. The Morgan fingerprint density at radius 1 is 1.32 bits per heavy atom. The van der Waals surface area contributed by atoms with Gasteiger partial charge in [-0.2, -0.15) is 0 Å². The Labute approximate surface area is 129 Å². The predicted molar refractivity (Wildman–Crippen MR) is 94.8 cm³/mol. The molecule has 4 heteroatoms. The van der Waals surface area contributed by atoms with Crippen molar-refractivity contribution in [2.24, 2.45) is 0 Å². The van der Waals surface area contributed by atoms with E-state index in [2.05, 4.69) is 64.0 Å². The monoisotopic (exact) mass is 318 g/mol. The van der Waals surface area contributed by atoms with Gasteiger partial charge in [-0.3, -0.25) is 0 Å². The van der Waals surface area contributed by atoms with Gasteiger partial charge in [0.2, 0.25) is 0 Å². The molecule has 1 fully saturated rings. The standard InChI is InChI=1S/C15H30OS2Si/c1-7-9-13(12-14-17-10-8-11-18-14)16-19(5,6)15(2,3)4/h7,13-14H,1,8-12H2,2-6H3/t13-/m0/s1. The normalized spacial score (nSPS) is 20.3. The van der Waals surface area contributed by atoms with Crippen LogP contribution in [0.4, 0.5) is 0 Å². The van der Waals surface area contributed by atoms with E-state index in [0.717, 1.165) is 11.0 Å². The third-order valence-electron chi connectivity index (χ3n) is 4.05. The first-order chi connectivity index (χ1) is 8.76. The summed E-state index contributed by atoms with van der Waals surface area (Å²) in [5.41, 5.74) is 0. The molecule has 1 nitrogen and oxygen atoms in total. The Morgan fingerprint density at radius 2 is 1.89 bits per heavy atom. The van der Waals surface area contributed by atoms with Crippen LogP contribution in [-0.4, -0.2) is 30.5 Å². The van der Waals surface area contributed by atoms with Crippen LogP contribution in [0.25, 0.3) is 0 Å². The lowest BCUT2D eigenvalue weighted by Gasteiger charge is -2.40. The highest BCUT2D eigenvalue weighted by Gasteiger charge is 2.39. The average molecular weight is 319 g/mol. The van der Waals surface area contributed by atoms with Crippen LogP contribution in [0.5, 0.6) is 0 Å². The van der Waals surface area contributed by atoms with E-state index in [1.807, 2.05) is 6.08 Å². The van der Waals surface area contributed by atoms with Crippen LogP contribution < -0.4 is 0 Å². The van der Waals surface area contributed by atoms with Gasteiger partial charge in [-0.1, -0.05) is 26.8 Å². The molecule has 0 aromatic carbocycles. The van der Waals surface area contributed by atoms with Gasteiger partial charge in [0.25, 0.3) is 0 Å². The Morgan fingerprint density at radius 3 is 2.37 bits per heavy atom. The van der Waals surface area contributed by atoms with Gasteiger partial charge in [-0.25, -0.2) is 0 Å². The summed E-state index contributed by atoms with van der Waals surface area (Å²) in [6, 6.07) is 0. The van der Waals surface area contributed by atoms with E-state index in [1.54, 1.807) is 0 Å². The van der Waals surface area contributed by atoms with Crippen molar-refractivity contribution >= 4 is 31.8 Å². The summed E-state index contributed by atoms with van der Waals surface area (Å²) >= 11 is 4.23. The van der Waals surface area contributed by atoms with E-state index < -0.39 is 8.32 Å². The molecule has 0 unspecified atom stereocenters. The van der Waals surface area contributed by atoms with Crippen LogP contribution in [0.15, 0.2) is 12.7 Å². The number of hydrogen-bond donors (Lipinski definition) is 0. The fraction of sp³-hybridized carbons (Fsp3) is 0.867. The zero-order valence-electron chi connectivity index (χ0n) is 13.2. The summed E-state index contributed by atoms with van der Waals surface area (Å²) in [5.74, 6) is 2.64. The second-order valence-electron chi connectivity index (χ2n) is 6.78. The quantitative estimate of drug-likeness (QED) is 0.470. The molecular formula is C15H30OS2Si. The predicted octanol–water partition coefficient (Wildman–Crippen LogP) is 5.54. The number of hydrogen-bond acceptors (Lipinski definition) is 3. The summed E-state index contributed by atoms with van der Waals surface area (Å²) in [7, 11) is -1.66.